The Labute approximate surface area is 173 Å². The lowest BCUT2D eigenvalue weighted by molar-refractivity contribution is -0.126. The summed E-state index contributed by atoms with van der Waals surface area (Å²) in [4.78, 5) is 14.7. The number of para-hydroxylation sites is 1. The van der Waals surface area contributed by atoms with Crippen molar-refractivity contribution in [2.75, 3.05) is 19.8 Å². The third kappa shape index (κ3) is 4.56. The fourth-order valence-corrected chi connectivity index (χ4v) is 3.84. The summed E-state index contributed by atoms with van der Waals surface area (Å²) in [7, 11) is 0. The molecule has 7 heteroatoms. The van der Waals surface area contributed by atoms with Crippen molar-refractivity contribution in [1.82, 2.24) is 4.90 Å². The van der Waals surface area contributed by atoms with Crippen LogP contribution in [0.3, 0.4) is 0 Å². The minimum absolute atomic E-state index is 0.0393. The molecule has 1 atom stereocenters. The number of alkyl halides is 2. The molecule has 0 radical (unpaired) electrons. The molecule has 1 saturated heterocycles. The van der Waals surface area contributed by atoms with Crippen LogP contribution in [0.2, 0.25) is 0 Å². The molecule has 4 rings (SSSR count). The Morgan fingerprint density at radius 1 is 1.10 bits per heavy atom. The van der Waals surface area contributed by atoms with E-state index in [1.807, 2.05) is 18.2 Å². The summed E-state index contributed by atoms with van der Waals surface area (Å²) in [6.45, 7) is -1.05. The molecule has 1 unspecified atom stereocenters. The van der Waals surface area contributed by atoms with Crippen molar-refractivity contribution in [2.24, 2.45) is 0 Å². The SMILES string of the molecule is O=C(/C=C/c1ccccc1OC(F)F)N1CCCC1c1ccc2c(c1)OCCCO2. The van der Waals surface area contributed by atoms with Gasteiger partial charge in [-0.3, -0.25) is 4.79 Å². The van der Waals surface area contributed by atoms with E-state index in [0.717, 1.165) is 30.6 Å². The molecule has 158 valence electrons. The van der Waals surface area contributed by atoms with Gasteiger partial charge in [-0.15, -0.1) is 0 Å². The Morgan fingerprint density at radius 3 is 2.73 bits per heavy atom. The lowest BCUT2D eigenvalue weighted by Crippen LogP contribution is -2.28. The highest BCUT2D eigenvalue weighted by Crippen LogP contribution is 2.38. The van der Waals surface area contributed by atoms with Crippen molar-refractivity contribution in [3.8, 4) is 17.2 Å². The highest BCUT2D eigenvalue weighted by Gasteiger charge is 2.29. The van der Waals surface area contributed by atoms with Gasteiger partial charge in [0, 0.05) is 24.6 Å². The highest BCUT2D eigenvalue weighted by atomic mass is 19.3. The number of halogens is 2. The Hall–Kier alpha value is -3.09. The molecule has 0 spiro atoms. The molecule has 2 aliphatic heterocycles. The average molecular weight is 415 g/mol. The number of amides is 1. The fraction of sp³-hybridized carbons (Fsp3) is 0.348. The quantitative estimate of drug-likeness (QED) is 0.657. The largest absolute Gasteiger partial charge is 0.490 e. The molecule has 2 aliphatic rings. The van der Waals surface area contributed by atoms with Crippen LogP contribution in [-0.2, 0) is 4.79 Å². The lowest BCUT2D eigenvalue weighted by Gasteiger charge is -2.24. The van der Waals surface area contributed by atoms with Gasteiger partial charge < -0.3 is 19.1 Å². The second-order valence-electron chi connectivity index (χ2n) is 7.20. The predicted octanol–water partition coefficient (Wildman–Crippen LogP) is 4.83. The Bertz CT molecular complexity index is 931. The number of rotatable bonds is 5. The number of nitrogens with zero attached hydrogens (tertiary/aromatic N) is 1. The smallest absolute Gasteiger partial charge is 0.387 e. The van der Waals surface area contributed by atoms with Gasteiger partial charge in [0.25, 0.3) is 0 Å². The molecule has 1 amide bonds. The lowest BCUT2D eigenvalue weighted by atomic mass is 10.0. The Balaban J connectivity index is 1.51. The number of likely N-dealkylation sites (tertiary alicyclic amines) is 1. The summed E-state index contributed by atoms with van der Waals surface area (Å²) in [5.41, 5.74) is 1.43. The predicted molar refractivity (Wildman–Crippen MR) is 108 cm³/mol. The summed E-state index contributed by atoms with van der Waals surface area (Å²) in [5, 5.41) is 0. The fourth-order valence-electron chi connectivity index (χ4n) is 3.84. The number of fused-ring (bicyclic) bond motifs is 1. The average Bonchev–Trinajstić information content (AvgIpc) is 3.11. The number of carbonyl (C=O) groups is 1. The van der Waals surface area contributed by atoms with E-state index in [-0.39, 0.29) is 17.7 Å². The van der Waals surface area contributed by atoms with Crippen LogP contribution < -0.4 is 14.2 Å². The molecular weight excluding hydrogens is 392 g/mol. The van der Waals surface area contributed by atoms with Crippen LogP contribution in [0.5, 0.6) is 17.2 Å². The van der Waals surface area contributed by atoms with Crippen LogP contribution in [-0.4, -0.2) is 37.2 Å². The van der Waals surface area contributed by atoms with Crippen molar-refractivity contribution < 1.29 is 27.8 Å². The zero-order valence-corrected chi connectivity index (χ0v) is 16.4. The first-order valence-electron chi connectivity index (χ1n) is 10.0. The highest BCUT2D eigenvalue weighted by molar-refractivity contribution is 5.92. The van der Waals surface area contributed by atoms with E-state index >= 15 is 0 Å². The van der Waals surface area contributed by atoms with Crippen LogP contribution >= 0.6 is 0 Å². The zero-order valence-electron chi connectivity index (χ0n) is 16.4. The molecule has 0 aromatic heterocycles. The molecule has 0 N–H and O–H groups in total. The third-order valence-corrected chi connectivity index (χ3v) is 5.23. The van der Waals surface area contributed by atoms with E-state index in [4.69, 9.17) is 9.47 Å². The van der Waals surface area contributed by atoms with Gasteiger partial charge in [-0.2, -0.15) is 8.78 Å². The monoisotopic (exact) mass is 415 g/mol. The number of hydrogen-bond donors (Lipinski definition) is 0. The Kier molecular flexibility index (Phi) is 6.16. The minimum Gasteiger partial charge on any atom is -0.490 e. The van der Waals surface area contributed by atoms with Crippen LogP contribution in [0, 0.1) is 0 Å². The van der Waals surface area contributed by atoms with Gasteiger partial charge >= 0.3 is 6.61 Å². The van der Waals surface area contributed by atoms with Crippen molar-refractivity contribution in [1.29, 1.82) is 0 Å². The van der Waals surface area contributed by atoms with E-state index in [1.165, 1.54) is 18.2 Å². The summed E-state index contributed by atoms with van der Waals surface area (Å²) in [6, 6.07) is 12.2. The van der Waals surface area contributed by atoms with Crippen molar-refractivity contribution >= 4 is 12.0 Å². The summed E-state index contributed by atoms with van der Waals surface area (Å²) >= 11 is 0. The van der Waals surface area contributed by atoms with Gasteiger partial charge in [-0.25, -0.2) is 0 Å². The van der Waals surface area contributed by atoms with Gasteiger partial charge in [0.05, 0.1) is 19.3 Å². The van der Waals surface area contributed by atoms with Crippen LogP contribution in [0.4, 0.5) is 8.78 Å². The van der Waals surface area contributed by atoms with Crippen LogP contribution in [0.1, 0.15) is 36.4 Å². The van der Waals surface area contributed by atoms with E-state index in [0.29, 0.717) is 31.1 Å². The first-order chi connectivity index (χ1) is 14.6. The molecule has 2 aromatic carbocycles. The van der Waals surface area contributed by atoms with Gasteiger partial charge in [-0.05, 0) is 42.7 Å². The van der Waals surface area contributed by atoms with Crippen LogP contribution in [0.15, 0.2) is 48.5 Å². The molecule has 2 aromatic rings. The van der Waals surface area contributed by atoms with Gasteiger partial charge in [0.15, 0.2) is 11.5 Å². The molecule has 0 bridgehead atoms. The van der Waals surface area contributed by atoms with Gasteiger partial charge in [0.1, 0.15) is 5.75 Å². The molecule has 2 heterocycles. The maximum absolute atomic E-state index is 12.9. The number of ether oxygens (including phenoxy) is 3. The molecular formula is C23H23F2NO4. The van der Waals surface area contributed by atoms with Crippen molar-refractivity contribution in [2.45, 2.75) is 31.9 Å². The van der Waals surface area contributed by atoms with Crippen LogP contribution in [0.25, 0.3) is 6.08 Å². The normalized spacial score (nSPS) is 18.6. The van der Waals surface area contributed by atoms with Gasteiger partial charge in [0.2, 0.25) is 5.91 Å². The summed E-state index contributed by atoms with van der Waals surface area (Å²) in [5.74, 6) is 1.30. The van der Waals surface area contributed by atoms with E-state index in [9.17, 15) is 13.6 Å². The summed E-state index contributed by atoms with van der Waals surface area (Å²) < 4.78 is 41.2. The number of benzene rings is 2. The van der Waals surface area contributed by atoms with E-state index in [2.05, 4.69) is 4.74 Å². The Morgan fingerprint density at radius 2 is 1.90 bits per heavy atom. The summed E-state index contributed by atoms with van der Waals surface area (Å²) in [6.07, 6.45) is 5.51. The van der Waals surface area contributed by atoms with E-state index < -0.39 is 6.61 Å². The van der Waals surface area contributed by atoms with Gasteiger partial charge in [-0.1, -0.05) is 24.3 Å². The minimum atomic E-state index is -2.92. The number of hydrogen-bond acceptors (Lipinski definition) is 4. The molecule has 0 saturated carbocycles. The number of carbonyl (C=O) groups excluding carboxylic acids is 1. The second kappa shape index (κ2) is 9.15. The second-order valence-corrected chi connectivity index (χ2v) is 7.20. The zero-order chi connectivity index (χ0) is 20.9. The van der Waals surface area contributed by atoms with E-state index in [1.54, 1.807) is 23.1 Å². The maximum Gasteiger partial charge on any atom is 0.387 e. The van der Waals surface area contributed by atoms with Crippen molar-refractivity contribution in [3.05, 3.63) is 59.7 Å². The molecule has 1 fully saturated rings. The van der Waals surface area contributed by atoms with Crippen molar-refractivity contribution in [3.63, 3.8) is 0 Å². The topological polar surface area (TPSA) is 48.0 Å². The first-order valence-corrected chi connectivity index (χ1v) is 10.0. The third-order valence-electron chi connectivity index (χ3n) is 5.23. The standard InChI is InChI=1S/C23H23F2NO4/c24-23(25)30-19-7-2-1-5-16(19)9-11-22(27)26-12-3-6-18(26)17-8-10-20-21(15-17)29-14-4-13-28-20/h1-2,5,7-11,15,18,23H,3-4,6,12-14H2/b11-9+. The molecule has 5 nitrogen and oxygen atoms in total. The molecule has 30 heavy (non-hydrogen) atoms. The first kappa shape index (κ1) is 20.2. The molecule has 0 aliphatic carbocycles. The maximum atomic E-state index is 12.9.